The first-order chi connectivity index (χ1) is 10.2. The molecule has 21 heavy (non-hydrogen) atoms. The van der Waals surface area contributed by atoms with Crippen molar-refractivity contribution in [1.82, 2.24) is 5.32 Å². The highest BCUT2D eigenvalue weighted by Crippen LogP contribution is 2.14. The first-order valence-electron chi connectivity index (χ1n) is 7.95. The van der Waals surface area contributed by atoms with Crippen LogP contribution in [0.2, 0.25) is 0 Å². The average molecular weight is 295 g/mol. The zero-order valence-corrected chi connectivity index (χ0v) is 13.0. The molecule has 0 spiro atoms. The third-order valence-electron chi connectivity index (χ3n) is 3.61. The van der Waals surface area contributed by atoms with Crippen molar-refractivity contribution < 1.29 is 8.78 Å². The third-order valence-corrected chi connectivity index (χ3v) is 3.61. The molecule has 1 nitrogen and oxygen atoms in total. The van der Waals surface area contributed by atoms with E-state index in [0.29, 0.717) is 6.04 Å². The van der Waals surface area contributed by atoms with Gasteiger partial charge in [-0.25, -0.2) is 8.78 Å². The zero-order chi connectivity index (χ0) is 15.5. The number of halogens is 2. The van der Waals surface area contributed by atoms with E-state index < -0.39 is 11.6 Å². The second-order valence-electron chi connectivity index (χ2n) is 5.53. The van der Waals surface area contributed by atoms with E-state index in [-0.39, 0.29) is 0 Å². The number of rotatable bonds is 11. The van der Waals surface area contributed by atoms with Crippen LogP contribution < -0.4 is 5.32 Å². The Hall–Kier alpha value is -1.22. The largest absolute Gasteiger partial charge is 0.314 e. The van der Waals surface area contributed by atoms with Crippen molar-refractivity contribution in [3.8, 4) is 0 Å². The average Bonchev–Trinajstić information content (AvgIpc) is 2.48. The summed E-state index contributed by atoms with van der Waals surface area (Å²) in [6, 6.07) is 4.54. The molecule has 0 aliphatic heterocycles. The molecule has 3 heteroatoms. The van der Waals surface area contributed by atoms with Crippen molar-refractivity contribution in [2.24, 2.45) is 0 Å². The Balaban J connectivity index is 2.47. The first kappa shape index (κ1) is 17.8. The first-order valence-corrected chi connectivity index (χ1v) is 7.95. The predicted octanol–water partition coefficient (Wildman–Crippen LogP) is 5.01. The molecular weight excluding hydrogens is 268 g/mol. The molecule has 0 bridgehead atoms. The van der Waals surface area contributed by atoms with Gasteiger partial charge in [0.1, 0.15) is 0 Å². The van der Waals surface area contributed by atoms with Gasteiger partial charge in [0.2, 0.25) is 0 Å². The van der Waals surface area contributed by atoms with Gasteiger partial charge in [-0.1, -0.05) is 31.9 Å². The SMILES string of the molecule is C=CCCCCCC(Cc1ccc(F)c(F)c1)NCCC. The van der Waals surface area contributed by atoms with E-state index >= 15 is 0 Å². The smallest absolute Gasteiger partial charge is 0.159 e. The maximum Gasteiger partial charge on any atom is 0.159 e. The van der Waals surface area contributed by atoms with Crippen LogP contribution in [0.5, 0.6) is 0 Å². The lowest BCUT2D eigenvalue weighted by Gasteiger charge is -2.18. The Morgan fingerprint density at radius 3 is 2.67 bits per heavy atom. The van der Waals surface area contributed by atoms with Gasteiger partial charge in [-0.15, -0.1) is 6.58 Å². The van der Waals surface area contributed by atoms with Crippen molar-refractivity contribution >= 4 is 0 Å². The quantitative estimate of drug-likeness (QED) is 0.447. The van der Waals surface area contributed by atoms with E-state index in [2.05, 4.69) is 18.8 Å². The molecule has 1 aromatic carbocycles. The van der Waals surface area contributed by atoms with Crippen molar-refractivity contribution in [2.75, 3.05) is 6.54 Å². The van der Waals surface area contributed by atoms with Gasteiger partial charge in [0.25, 0.3) is 0 Å². The van der Waals surface area contributed by atoms with Crippen molar-refractivity contribution in [3.05, 3.63) is 48.1 Å². The Morgan fingerprint density at radius 1 is 1.19 bits per heavy atom. The highest BCUT2D eigenvalue weighted by Gasteiger charge is 2.10. The Kier molecular flexibility index (Phi) is 8.91. The van der Waals surface area contributed by atoms with Crippen LogP contribution in [-0.4, -0.2) is 12.6 Å². The van der Waals surface area contributed by atoms with Gasteiger partial charge in [-0.3, -0.25) is 0 Å². The lowest BCUT2D eigenvalue weighted by molar-refractivity contribution is 0.451. The highest BCUT2D eigenvalue weighted by molar-refractivity contribution is 5.18. The number of hydrogen-bond acceptors (Lipinski definition) is 1. The van der Waals surface area contributed by atoms with Crippen LogP contribution in [0.3, 0.4) is 0 Å². The molecule has 0 aliphatic rings. The van der Waals surface area contributed by atoms with Crippen LogP contribution in [0.15, 0.2) is 30.9 Å². The van der Waals surface area contributed by atoms with Crippen molar-refractivity contribution in [3.63, 3.8) is 0 Å². The van der Waals surface area contributed by atoms with Gasteiger partial charge < -0.3 is 5.32 Å². The van der Waals surface area contributed by atoms with E-state index in [1.165, 1.54) is 25.0 Å². The van der Waals surface area contributed by atoms with Crippen LogP contribution in [0.25, 0.3) is 0 Å². The van der Waals surface area contributed by atoms with E-state index in [0.717, 1.165) is 44.2 Å². The second-order valence-corrected chi connectivity index (χ2v) is 5.53. The monoisotopic (exact) mass is 295 g/mol. The van der Waals surface area contributed by atoms with Crippen LogP contribution in [0.4, 0.5) is 8.78 Å². The van der Waals surface area contributed by atoms with Gasteiger partial charge in [0.05, 0.1) is 0 Å². The summed E-state index contributed by atoms with van der Waals surface area (Å²) in [4.78, 5) is 0. The highest BCUT2D eigenvalue weighted by atomic mass is 19.2. The van der Waals surface area contributed by atoms with Crippen LogP contribution in [-0.2, 0) is 6.42 Å². The summed E-state index contributed by atoms with van der Waals surface area (Å²) in [6.07, 6.45) is 9.42. The summed E-state index contributed by atoms with van der Waals surface area (Å²) in [6.45, 7) is 6.82. The molecule has 118 valence electrons. The van der Waals surface area contributed by atoms with Crippen LogP contribution >= 0.6 is 0 Å². The molecule has 1 rings (SSSR count). The molecule has 0 saturated carbocycles. The van der Waals surface area contributed by atoms with Gasteiger partial charge in [-0.2, -0.15) is 0 Å². The zero-order valence-electron chi connectivity index (χ0n) is 13.0. The molecule has 0 saturated heterocycles. The molecular formula is C18H27F2N. The Morgan fingerprint density at radius 2 is 2.00 bits per heavy atom. The molecule has 1 unspecified atom stereocenters. The molecule has 1 atom stereocenters. The molecule has 0 amide bonds. The van der Waals surface area contributed by atoms with E-state index in [1.54, 1.807) is 6.07 Å². The van der Waals surface area contributed by atoms with Crippen molar-refractivity contribution in [1.29, 1.82) is 0 Å². The topological polar surface area (TPSA) is 12.0 Å². The fraction of sp³-hybridized carbons (Fsp3) is 0.556. The minimum atomic E-state index is -0.777. The molecule has 1 N–H and O–H groups in total. The van der Waals surface area contributed by atoms with Gasteiger partial charge >= 0.3 is 0 Å². The maximum absolute atomic E-state index is 13.3. The number of benzene rings is 1. The second kappa shape index (κ2) is 10.5. The maximum atomic E-state index is 13.3. The molecule has 1 aromatic rings. The van der Waals surface area contributed by atoms with Gasteiger partial charge in [-0.05, 0) is 56.3 Å². The standard InChI is InChI=1S/C18H27F2N/c1-3-5-6-7-8-9-16(21-12-4-2)13-15-10-11-17(19)18(20)14-15/h3,10-11,14,16,21H,1,4-9,12-13H2,2H3. The fourth-order valence-electron chi connectivity index (χ4n) is 2.43. The molecule has 0 fully saturated rings. The number of nitrogens with one attached hydrogen (secondary N) is 1. The van der Waals surface area contributed by atoms with Crippen LogP contribution in [0.1, 0.15) is 51.0 Å². The van der Waals surface area contributed by atoms with Gasteiger partial charge in [0, 0.05) is 6.04 Å². The van der Waals surface area contributed by atoms with E-state index in [4.69, 9.17) is 0 Å². The number of unbranched alkanes of at least 4 members (excludes halogenated alkanes) is 3. The summed E-state index contributed by atoms with van der Waals surface area (Å²) >= 11 is 0. The van der Waals surface area contributed by atoms with Crippen LogP contribution in [0, 0.1) is 11.6 Å². The summed E-state index contributed by atoms with van der Waals surface area (Å²) in [7, 11) is 0. The lowest BCUT2D eigenvalue weighted by Crippen LogP contribution is -2.31. The Bertz CT molecular complexity index is 418. The summed E-state index contributed by atoms with van der Waals surface area (Å²) in [5, 5.41) is 3.51. The Labute approximate surface area is 127 Å². The molecule has 0 heterocycles. The molecule has 0 aromatic heterocycles. The van der Waals surface area contributed by atoms with E-state index in [1.807, 2.05) is 6.08 Å². The summed E-state index contributed by atoms with van der Waals surface area (Å²) in [5.41, 5.74) is 0.855. The molecule has 0 aliphatic carbocycles. The van der Waals surface area contributed by atoms with Crippen molar-refractivity contribution in [2.45, 2.75) is 57.9 Å². The number of hydrogen-bond donors (Lipinski definition) is 1. The minimum absolute atomic E-state index is 0.332. The summed E-state index contributed by atoms with van der Waals surface area (Å²) < 4.78 is 26.2. The summed E-state index contributed by atoms with van der Waals surface area (Å²) in [5.74, 6) is -1.53. The third kappa shape index (κ3) is 7.37. The number of allylic oxidation sites excluding steroid dienone is 1. The van der Waals surface area contributed by atoms with E-state index in [9.17, 15) is 8.78 Å². The fourth-order valence-corrected chi connectivity index (χ4v) is 2.43. The van der Waals surface area contributed by atoms with Gasteiger partial charge in [0.15, 0.2) is 11.6 Å². The minimum Gasteiger partial charge on any atom is -0.314 e. The lowest BCUT2D eigenvalue weighted by atomic mass is 9.99. The molecule has 0 radical (unpaired) electrons. The predicted molar refractivity (Wildman–Crippen MR) is 85.4 cm³/mol. The normalized spacial score (nSPS) is 12.3.